The fraction of sp³-hybridized carbons (Fsp3) is 0.889. The number of alkyl carbamates (subject to hydrolysis) is 1. The number of nitrogens with one attached hydrogen (secondary N) is 1. The summed E-state index contributed by atoms with van der Waals surface area (Å²) in [6.07, 6.45) is -0.404. The van der Waals surface area contributed by atoms with Gasteiger partial charge in [0.15, 0.2) is 0 Å². The van der Waals surface area contributed by atoms with Crippen molar-refractivity contribution in [3.8, 4) is 0 Å². The summed E-state index contributed by atoms with van der Waals surface area (Å²) < 4.78 is 4.91. The Morgan fingerprint density at radius 3 is 2.31 bits per heavy atom. The van der Waals surface area contributed by atoms with Crippen LogP contribution in [0.3, 0.4) is 0 Å². The lowest BCUT2D eigenvalue weighted by atomic mass is 10.3. The van der Waals surface area contributed by atoms with E-state index >= 15 is 0 Å². The molecule has 0 spiro atoms. The number of carbonyl (C=O) groups is 1. The monoisotopic (exact) mass is 188 g/mol. The van der Waals surface area contributed by atoms with Gasteiger partial charge in [-0.3, -0.25) is 0 Å². The third kappa shape index (κ3) is 6.40. The van der Waals surface area contributed by atoms with Crippen molar-refractivity contribution in [3.05, 3.63) is 0 Å². The molecule has 1 unspecified atom stereocenters. The van der Waals surface area contributed by atoms with Gasteiger partial charge in [-0.15, -0.1) is 0 Å². The molecule has 0 radical (unpaired) electrons. The van der Waals surface area contributed by atoms with Crippen molar-refractivity contribution < 1.29 is 9.53 Å². The number of nitrogens with zero attached hydrogens (tertiary/aromatic N) is 1. The molecule has 1 atom stereocenters. The maximum atomic E-state index is 11.0. The largest absolute Gasteiger partial charge is 0.447 e. The second kappa shape index (κ2) is 5.80. The molecule has 1 N–H and O–H groups in total. The minimum absolute atomic E-state index is 0.0605. The minimum Gasteiger partial charge on any atom is -0.447 e. The zero-order chi connectivity index (χ0) is 10.4. The van der Waals surface area contributed by atoms with E-state index in [9.17, 15) is 4.79 Å². The molecule has 4 nitrogen and oxygen atoms in total. The number of rotatable bonds is 4. The second-order valence-corrected chi connectivity index (χ2v) is 3.65. The van der Waals surface area contributed by atoms with E-state index in [0.717, 1.165) is 0 Å². The molecular weight excluding hydrogens is 168 g/mol. The molecule has 0 aliphatic carbocycles. The Bertz CT molecular complexity index is 158. The molecule has 0 saturated carbocycles. The van der Waals surface area contributed by atoms with Crippen molar-refractivity contribution >= 4 is 6.09 Å². The Hall–Kier alpha value is -0.770. The Balaban J connectivity index is 3.58. The molecule has 0 aromatic rings. The van der Waals surface area contributed by atoms with Crippen LogP contribution in [0, 0.1) is 0 Å². The fourth-order valence-electron chi connectivity index (χ4n) is 0.669. The van der Waals surface area contributed by atoms with Crippen molar-refractivity contribution in [3.63, 3.8) is 0 Å². The third-order valence-corrected chi connectivity index (χ3v) is 1.77. The van der Waals surface area contributed by atoms with Gasteiger partial charge in [-0.2, -0.15) is 0 Å². The van der Waals surface area contributed by atoms with E-state index in [4.69, 9.17) is 4.74 Å². The van der Waals surface area contributed by atoms with Crippen molar-refractivity contribution in [1.29, 1.82) is 0 Å². The highest BCUT2D eigenvalue weighted by molar-refractivity contribution is 5.67. The maximum absolute atomic E-state index is 11.0. The molecule has 0 saturated heterocycles. The first-order valence-corrected chi connectivity index (χ1v) is 4.54. The van der Waals surface area contributed by atoms with Gasteiger partial charge < -0.3 is 15.0 Å². The van der Waals surface area contributed by atoms with Crippen LogP contribution in [0.4, 0.5) is 4.79 Å². The molecule has 0 fully saturated rings. The van der Waals surface area contributed by atoms with E-state index in [-0.39, 0.29) is 12.2 Å². The first-order valence-electron chi connectivity index (χ1n) is 4.54. The highest BCUT2D eigenvalue weighted by Crippen LogP contribution is 1.91. The predicted molar refractivity (Wildman–Crippen MR) is 52.8 cm³/mol. The molecule has 0 aliphatic heterocycles. The van der Waals surface area contributed by atoms with Gasteiger partial charge in [0.2, 0.25) is 0 Å². The zero-order valence-electron chi connectivity index (χ0n) is 9.13. The minimum atomic E-state index is -0.344. The molecule has 4 heteroatoms. The molecule has 13 heavy (non-hydrogen) atoms. The lowest BCUT2D eigenvalue weighted by Crippen LogP contribution is -2.39. The molecule has 0 bridgehead atoms. The third-order valence-electron chi connectivity index (χ3n) is 1.77. The van der Waals surface area contributed by atoms with Gasteiger partial charge in [0.05, 0.1) is 6.10 Å². The van der Waals surface area contributed by atoms with Gasteiger partial charge in [-0.25, -0.2) is 4.79 Å². The van der Waals surface area contributed by atoms with Crippen molar-refractivity contribution in [1.82, 2.24) is 10.2 Å². The van der Waals surface area contributed by atoms with Crippen LogP contribution in [0.2, 0.25) is 0 Å². The molecule has 0 heterocycles. The summed E-state index contributed by atoms with van der Waals surface area (Å²) in [5, 5.41) is 2.69. The topological polar surface area (TPSA) is 41.6 Å². The van der Waals surface area contributed by atoms with E-state index in [1.165, 1.54) is 0 Å². The van der Waals surface area contributed by atoms with Crippen LogP contribution >= 0.6 is 0 Å². The normalized spacial score (nSPS) is 13.2. The van der Waals surface area contributed by atoms with Crippen molar-refractivity contribution in [2.75, 3.05) is 20.6 Å². The van der Waals surface area contributed by atoms with E-state index in [1.54, 1.807) is 0 Å². The summed E-state index contributed by atoms with van der Waals surface area (Å²) in [5.74, 6) is 0. The first kappa shape index (κ1) is 12.2. The number of amides is 1. The Labute approximate surface area is 80.2 Å². The molecule has 0 aromatic carbocycles. The van der Waals surface area contributed by atoms with Crippen LogP contribution in [-0.2, 0) is 4.74 Å². The molecular formula is C9H20N2O2. The van der Waals surface area contributed by atoms with Gasteiger partial charge in [0, 0.05) is 12.6 Å². The van der Waals surface area contributed by atoms with Gasteiger partial charge in [0.1, 0.15) is 0 Å². The van der Waals surface area contributed by atoms with Crippen molar-refractivity contribution in [2.45, 2.75) is 32.9 Å². The van der Waals surface area contributed by atoms with Crippen LogP contribution in [-0.4, -0.2) is 43.8 Å². The van der Waals surface area contributed by atoms with Crippen LogP contribution < -0.4 is 5.32 Å². The van der Waals surface area contributed by atoms with Crippen LogP contribution in [0.15, 0.2) is 0 Å². The van der Waals surface area contributed by atoms with Gasteiger partial charge in [-0.05, 0) is 34.9 Å². The molecule has 1 amide bonds. The van der Waals surface area contributed by atoms with Crippen LogP contribution in [0.5, 0.6) is 0 Å². The van der Waals surface area contributed by atoms with Crippen LogP contribution in [0.25, 0.3) is 0 Å². The van der Waals surface area contributed by atoms with Crippen molar-refractivity contribution in [2.24, 2.45) is 0 Å². The first-order chi connectivity index (χ1) is 5.93. The second-order valence-electron chi connectivity index (χ2n) is 3.65. The average Bonchev–Trinajstić information content (AvgIpc) is 1.98. The average molecular weight is 188 g/mol. The number of likely N-dealkylation sites (N-methyl/N-ethyl adjacent to an activating group) is 1. The number of hydrogen-bond acceptors (Lipinski definition) is 3. The lowest BCUT2D eigenvalue weighted by Gasteiger charge is -2.20. The summed E-state index contributed by atoms with van der Waals surface area (Å²) >= 11 is 0. The zero-order valence-corrected chi connectivity index (χ0v) is 9.13. The van der Waals surface area contributed by atoms with Gasteiger partial charge in [-0.1, -0.05) is 0 Å². The van der Waals surface area contributed by atoms with Gasteiger partial charge >= 0.3 is 6.09 Å². The van der Waals surface area contributed by atoms with E-state index < -0.39 is 0 Å². The van der Waals surface area contributed by atoms with Gasteiger partial charge in [0.25, 0.3) is 0 Å². The number of hydrogen-bond donors (Lipinski definition) is 1. The Morgan fingerprint density at radius 1 is 1.38 bits per heavy atom. The predicted octanol–water partition coefficient (Wildman–Crippen LogP) is 1.07. The van der Waals surface area contributed by atoms with E-state index in [0.29, 0.717) is 12.6 Å². The quantitative estimate of drug-likeness (QED) is 0.717. The highest BCUT2D eigenvalue weighted by Gasteiger charge is 2.08. The Morgan fingerprint density at radius 2 is 1.92 bits per heavy atom. The fourth-order valence-corrected chi connectivity index (χ4v) is 0.669. The summed E-state index contributed by atoms with van der Waals surface area (Å²) in [6.45, 7) is 6.30. The Kier molecular flexibility index (Phi) is 5.46. The van der Waals surface area contributed by atoms with Crippen LogP contribution in [0.1, 0.15) is 20.8 Å². The summed E-state index contributed by atoms with van der Waals surface area (Å²) in [5.41, 5.74) is 0. The summed E-state index contributed by atoms with van der Waals surface area (Å²) in [6, 6.07) is 0.319. The summed E-state index contributed by atoms with van der Waals surface area (Å²) in [4.78, 5) is 13.1. The molecule has 0 aromatic heterocycles. The standard InChI is InChI=1S/C9H20N2O2/c1-7(2)13-9(12)10-6-8(3)11(4)5/h7-8H,6H2,1-5H3,(H,10,12). The molecule has 0 rings (SSSR count). The van der Waals surface area contributed by atoms with E-state index in [1.807, 2.05) is 39.8 Å². The highest BCUT2D eigenvalue weighted by atomic mass is 16.6. The lowest BCUT2D eigenvalue weighted by molar-refractivity contribution is 0.113. The van der Waals surface area contributed by atoms with E-state index in [2.05, 4.69) is 5.32 Å². The SMILES string of the molecule is CC(C)OC(=O)NCC(C)N(C)C. The number of carbonyl (C=O) groups excluding carboxylic acids is 1. The summed E-state index contributed by atoms with van der Waals surface area (Å²) in [7, 11) is 3.94. The smallest absolute Gasteiger partial charge is 0.407 e. The maximum Gasteiger partial charge on any atom is 0.407 e. The molecule has 78 valence electrons. The molecule has 0 aliphatic rings. The number of ether oxygens (including phenoxy) is 1.